The molecule has 2 rings (SSSR count). The second kappa shape index (κ2) is 4.92. The van der Waals surface area contributed by atoms with Gasteiger partial charge in [-0.05, 0) is 49.9 Å². The lowest BCUT2D eigenvalue weighted by atomic mass is 10.0. The summed E-state index contributed by atoms with van der Waals surface area (Å²) in [6, 6.07) is 3.21. The molecule has 0 spiro atoms. The Labute approximate surface area is 107 Å². The third kappa shape index (κ3) is 2.17. The van der Waals surface area contributed by atoms with Crippen molar-refractivity contribution in [1.29, 1.82) is 0 Å². The van der Waals surface area contributed by atoms with Gasteiger partial charge < -0.3 is 4.90 Å². The quantitative estimate of drug-likeness (QED) is 0.784. The number of carbonyl (C=O) groups excluding carboxylic acids is 1. The minimum Gasteiger partial charge on any atom is -0.336 e. The Hall–Kier alpha value is -1.64. The van der Waals surface area contributed by atoms with E-state index >= 15 is 0 Å². The molecule has 0 N–H and O–H groups in total. The van der Waals surface area contributed by atoms with Gasteiger partial charge in [0.2, 0.25) is 0 Å². The van der Waals surface area contributed by atoms with Gasteiger partial charge in [0, 0.05) is 12.6 Å². The van der Waals surface area contributed by atoms with Gasteiger partial charge >= 0.3 is 0 Å². The molecule has 1 aromatic rings. The highest BCUT2D eigenvalue weighted by atomic mass is 19.1. The number of rotatable bonds is 2. The lowest BCUT2D eigenvalue weighted by molar-refractivity contribution is 0.0742. The van der Waals surface area contributed by atoms with E-state index in [1.807, 2.05) is 13.8 Å². The fourth-order valence-electron chi connectivity index (χ4n) is 2.46. The van der Waals surface area contributed by atoms with Crippen LogP contribution in [0.25, 0.3) is 6.08 Å². The summed E-state index contributed by atoms with van der Waals surface area (Å²) in [6.45, 7) is 8.22. The molecule has 1 aliphatic heterocycles. The Morgan fingerprint density at radius 1 is 1.56 bits per heavy atom. The van der Waals surface area contributed by atoms with Gasteiger partial charge in [-0.2, -0.15) is 0 Å². The van der Waals surface area contributed by atoms with Crippen LogP contribution in [-0.2, 0) is 0 Å². The minimum absolute atomic E-state index is 0.157. The summed E-state index contributed by atoms with van der Waals surface area (Å²) < 4.78 is 13.9. The monoisotopic (exact) mass is 247 g/mol. The van der Waals surface area contributed by atoms with E-state index < -0.39 is 5.82 Å². The van der Waals surface area contributed by atoms with Gasteiger partial charge in [0.05, 0.1) is 5.56 Å². The van der Waals surface area contributed by atoms with Crippen molar-refractivity contribution in [3.8, 4) is 0 Å². The molecular weight excluding hydrogens is 229 g/mol. The highest BCUT2D eigenvalue weighted by Crippen LogP contribution is 2.23. The summed E-state index contributed by atoms with van der Waals surface area (Å²) in [5.41, 5.74) is 1.77. The first-order valence-electron chi connectivity index (χ1n) is 6.28. The van der Waals surface area contributed by atoms with Gasteiger partial charge in [0.1, 0.15) is 5.82 Å². The van der Waals surface area contributed by atoms with E-state index in [4.69, 9.17) is 0 Å². The second-order valence-corrected chi connectivity index (χ2v) is 4.88. The average Bonchev–Trinajstić information content (AvgIpc) is 2.75. The van der Waals surface area contributed by atoms with Crippen LogP contribution in [0.2, 0.25) is 0 Å². The van der Waals surface area contributed by atoms with Crippen LogP contribution in [0.3, 0.4) is 0 Å². The zero-order valence-electron chi connectivity index (χ0n) is 10.9. The number of benzene rings is 1. The van der Waals surface area contributed by atoms with Crippen molar-refractivity contribution < 1.29 is 9.18 Å². The van der Waals surface area contributed by atoms with E-state index in [-0.39, 0.29) is 17.5 Å². The third-order valence-electron chi connectivity index (χ3n) is 3.62. The van der Waals surface area contributed by atoms with E-state index in [0.29, 0.717) is 0 Å². The van der Waals surface area contributed by atoms with Crippen LogP contribution < -0.4 is 0 Å². The number of nitrogens with zero attached hydrogens (tertiary/aromatic N) is 1. The molecule has 1 atom stereocenters. The highest BCUT2D eigenvalue weighted by molar-refractivity contribution is 5.95. The number of halogens is 1. The molecule has 0 aromatic heterocycles. The molecule has 1 aliphatic rings. The van der Waals surface area contributed by atoms with Gasteiger partial charge in [-0.25, -0.2) is 4.39 Å². The molecule has 0 unspecified atom stereocenters. The summed E-state index contributed by atoms with van der Waals surface area (Å²) in [5.74, 6) is -0.650. The van der Waals surface area contributed by atoms with Crippen LogP contribution in [-0.4, -0.2) is 23.4 Å². The molecule has 2 nitrogen and oxygen atoms in total. The number of amides is 1. The Bertz CT molecular complexity index is 496. The Morgan fingerprint density at radius 2 is 2.28 bits per heavy atom. The zero-order chi connectivity index (χ0) is 13.3. The third-order valence-corrected chi connectivity index (χ3v) is 3.62. The first-order valence-corrected chi connectivity index (χ1v) is 6.28. The van der Waals surface area contributed by atoms with Gasteiger partial charge in [-0.1, -0.05) is 12.7 Å². The SMILES string of the molecule is C=Cc1cc(C(=O)N2CCC[C@@H]2C)c(F)cc1C. The van der Waals surface area contributed by atoms with Crippen LogP contribution >= 0.6 is 0 Å². The summed E-state index contributed by atoms with van der Waals surface area (Å²) in [7, 11) is 0. The summed E-state index contributed by atoms with van der Waals surface area (Å²) in [6.07, 6.45) is 3.64. The van der Waals surface area contributed by atoms with Crippen LogP contribution in [0.15, 0.2) is 18.7 Å². The van der Waals surface area contributed by atoms with Crippen LogP contribution in [0.1, 0.15) is 41.3 Å². The molecular formula is C15H18FNO. The predicted octanol–water partition coefficient (Wildman–Crippen LogP) is 3.40. The minimum atomic E-state index is -0.442. The van der Waals surface area contributed by atoms with E-state index in [0.717, 1.165) is 30.5 Å². The first-order chi connectivity index (χ1) is 8.54. The van der Waals surface area contributed by atoms with Crippen molar-refractivity contribution in [2.75, 3.05) is 6.54 Å². The summed E-state index contributed by atoms with van der Waals surface area (Å²) >= 11 is 0. The van der Waals surface area contributed by atoms with Crippen LogP contribution in [0.4, 0.5) is 4.39 Å². The summed E-state index contributed by atoms with van der Waals surface area (Å²) in [5, 5.41) is 0. The van der Waals surface area contributed by atoms with E-state index in [2.05, 4.69) is 6.58 Å². The maximum absolute atomic E-state index is 13.9. The van der Waals surface area contributed by atoms with E-state index in [1.54, 1.807) is 17.0 Å². The number of hydrogen-bond donors (Lipinski definition) is 0. The largest absolute Gasteiger partial charge is 0.336 e. The number of aryl methyl sites for hydroxylation is 1. The standard InChI is InChI=1S/C15H18FNO/c1-4-12-9-13(14(16)8-10(12)2)15(18)17-7-5-6-11(17)3/h4,8-9,11H,1,5-7H2,2-3H3/t11-/m0/s1. The molecule has 1 heterocycles. The first kappa shape index (κ1) is 12.8. The molecule has 1 saturated heterocycles. The number of carbonyl (C=O) groups is 1. The Balaban J connectivity index is 2.38. The fraction of sp³-hybridized carbons (Fsp3) is 0.400. The number of hydrogen-bond acceptors (Lipinski definition) is 1. The Kier molecular flexibility index (Phi) is 3.50. The smallest absolute Gasteiger partial charge is 0.257 e. The van der Waals surface area contributed by atoms with Crippen molar-refractivity contribution in [2.45, 2.75) is 32.7 Å². The molecule has 0 aliphatic carbocycles. The molecule has 0 radical (unpaired) electrons. The normalized spacial score (nSPS) is 19.1. The predicted molar refractivity (Wildman–Crippen MR) is 71.0 cm³/mol. The summed E-state index contributed by atoms with van der Waals surface area (Å²) in [4.78, 5) is 14.1. The van der Waals surface area contributed by atoms with Crippen molar-refractivity contribution in [3.63, 3.8) is 0 Å². The van der Waals surface area contributed by atoms with Crippen LogP contribution in [0, 0.1) is 12.7 Å². The maximum atomic E-state index is 13.9. The number of likely N-dealkylation sites (tertiary alicyclic amines) is 1. The van der Waals surface area contributed by atoms with Crippen molar-refractivity contribution in [1.82, 2.24) is 4.90 Å². The molecule has 1 fully saturated rings. The van der Waals surface area contributed by atoms with Crippen molar-refractivity contribution in [2.24, 2.45) is 0 Å². The van der Waals surface area contributed by atoms with Crippen molar-refractivity contribution >= 4 is 12.0 Å². The lowest BCUT2D eigenvalue weighted by Crippen LogP contribution is -2.34. The molecule has 1 aromatic carbocycles. The maximum Gasteiger partial charge on any atom is 0.257 e. The Morgan fingerprint density at radius 3 is 2.83 bits per heavy atom. The average molecular weight is 247 g/mol. The molecule has 0 bridgehead atoms. The van der Waals surface area contributed by atoms with Gasteiger partial charge in [-0.3, -0.25) is 4.79 Å². The molecule has 0 saturated carbocycles. The van der Waals surface area contributed by atoms with Gasteiger partial charge in [0.15, 0.2) is 0 Å². The molecule has 3 heteroatoms. The second-order valence-electron chi connectivity index (χ2n) is 4.88. The molecule has 18 heavy (non-hydrogen) atoms. The topological polar surface area (TPSA) is 20.3 Å². The zero-order valence-corrected chi connectivity index (χ0v) is 10.9. The van der Waals surface area contributed by atoms with Crippen molar-refractivity contribution in [3.05, 3.63) is 41.2 Å². The highest BCUT2D eigenvalue weighted by Gasteiger charge is 2.27. The van der Waals surface area contributed by atoms with Gasteiger partial charge in [-0.15, -0.1) is 0 Å². The van der Waals surface area contributed by atoms with Crippen LogP contribution in [0.5, 0.6) is 0 Å². The van der Waals surface area contributed by atoms with Gasteiger partial charge in [0.25, 0.3) is 5.91 Å². The lowest BCUT2D eigenvalue weighted by Gasteiger charge is -2.22. The van der Waals surface area contributed by atoms with E-state index in [1.165, 1.54) is 6.07 Å². The van der Waals surface area contributed by atoms with E-state index in [9.17, 15) is 9.18 Å². The fourth-order valence-corrected chi connectivity index (χ4v) is 2.46. The molecule has 1 amide bonds. The molecule has 96 valence electrons.